The van der Waals surface area contributed by atoms with Gasteiger partial charge < -0.3 is 9.15 Å². The molecule has 0 saturated heterocycles. The highest BCUT2D eigenvalue weighted by Gasteiger charge is 2.20. The number of oxazole rings is 1. The number of benzene rings is 1. The summed E-state index contributed by atoms with van der Waals surface area (Å²) in [5.41, 5.74) is 0.146. The number of ether oxygens (including phenoxy) is 1. The highest BCUT2D eigenvalue weighted by Crippen LogP contribution is 2.25. The summed E-state index contributed by atoms with van der Waals surface area (Å²) in [6.07, 6.45) is 1.08. The van der Waals surface area contributed by atoms with Crippen LogP contribution in [0, 0.1) is 5.82 Å². The van der Waals surface area contributed by atoms with E-state index in [4.69, 9.17) is 4.42 Å². The molecule has 0 aliphatic heterocycles. The van der Waals surface area contributed by atoms with E-state index < -0.39 is 11.8 Å². The molecular formula is C11H8FNO3. The summed E-state index contributed by atoms with van der Waals surface area (Å²) in [6, 6.07) is 5.97. The molecule has 0 atom stereocenters. The molecule has 2 rings (SSSR count). The van der Waals surface area contributed by atoms with Crippen LogP contribution in [0.25, 0.3) is 11.3 Å². The van der Waals surface area contributed by atoms with Crippen LogP contribution < -0.4 is 0 Å². The van der Waals surface area contributed by atoms with Crippen molar-refractivity contribution in [3.63, 3.8) is 0 Å². The van der Waals surface area contributed by atoms with Gasteiger partial charge in [0.1, 0.15) is 5.82 Å². The van der Waals surface area contributed by atoms with Gasteiger partial charge in [0.15, 0.2) is 17.8 Å². The van der Waals surface area contributed by atoms with Gasteiger partial charge in [0, 0.05) is 0 Å². The molecule has 0 amide bonds. The van der Waals surface area contributed by atoms with E-state index in [1.807, 2.05) is 0 Å². The lowest BCUT2D eigenvalue weighted by Gasteiger charge is -2.00. The average molecular weight is 221 g/mol. The molecule has 0 saturated carbocycles. The minimum Gasteiger partial charge on any atom is -0.464 e. The van der Waals surface area contributed by atoms with Crippen molar-refractivity contribution in [1.29, 1.82) is 0 Å². The van der Waals surface area contributed by atoms with Crippen molar-refractivity contribution in [1.82, 2.24) is 4.98 Å². The first-order valence-corrected chi connectivity index (χ1v) is 4.50. The third kappa shape index (κ3) is 1.67. The molecule has 1 heterocycles. The topological polar surface area (TPSA) is 52.3 Å². The van der Waals surface area contributed by atoms with Crippen molar-refractivity contribution in [2.75, 3.05) is 7.11 Å². The monoisotopic (exact) mass is 221 g/mol. The van der Waals surface area contributed by atoms with Gasteiger partial charge in [0.2, 0.25) is 0 Å². The maximum atomic E-state index is 13.5. The number of methoxy groups -OCH3 is 1. The van der Waals surface area contributed by atoms with Crippen LogP contribution in [-0.4, -0.2) is 18.1 Å². The van der Waals surface area contributed by atoms with Gasteiger partial charge in [-0.1, -0.05) is 12.1 Å². The maximum Gasteiger partial charge on any atom is 0.360 e. The molecule has 1 aromatic carbocycles. The van der Waals surface area contributed by atoms with E-state index in [0.717, 1.165) is 6.39 Å². The number of carbonyl (C=O) groups excluding carboxylic acids is 1. The number of esters is 1. The molecule has 0 fully saturated rings. The molecule has 4 nitrogen and oxygen atoms in total. The lowest BCUT2D eigenvalue weighted by Crippen LogP contribution is -2.03. The molecule has 5 heteroatoms. The summed E-state index contributed by atoms with van der Waals surface area (Å²) >= 11 is 0. The molecule has 0 N–H and O–H groups in total. The van der Waals surface area contributed by atoms with Crippen molar-refractivity contribution in [2.24, 2.45) is 0 Å². The van der Waals surface area contributed by atoms with E-state index in [-0.39, 0.29) is 17.0 Å². The molecule has 2 aromatic rings. The highest BCUT2D eigenvalue weighted by atomic mass is 19.1. The number of hydrogen-bond acceptors (Lipinski definition) is 4. The van der Waals surface area contributed by atoms with Gasteiger partial charge in [-0.25, -0.2) is 14.2 Å². The maximum absolute atomic E-state index is 13.5. The third-order valence-electron chi connectivity index (χ3n) is 2.06. The van der Waals surface area contributed by atoms with E-state index >= 15 is 0 Å². The van der Waals surface area contributed by atoms with Crippen LogP contribution >= 0.6 is 0 Å². The van der Waals surface area contributed by atoms with Crippen LogP contribution in [-0.2, 0) is 4.74 Å². The Morgan fingerprint density at radius 2 is 2.19 bits per heavy atom. The number of aromatic nitrogens is 1. The quantitative estimate of drug-likeness (QED) is 0.730. The Hall–Kier alpha value is -2.17. The third-order valence-corrected chi connectivity index (χ3v) is 2.06. The number of nitrogens with zero attached hydrogens (tertiary/aromatic N) is 1. The second-order valence-electron chi connectivity index (χ2n) is 3.00. The molecule has 0 aliphatic rings. The minimum absolute atomic E-state index is 0.0346. The van der Waals surface area contributed by atoms with Crippen molar-refractivity contribution < 1.29 is 18.3 Å². The van der Waals surface area contributed by atoms with Crippen LogP contribution in [0.5, 0.6) is 0 Å². The fourth-order valence-corrected chi connectivity index (χ4v) is 1.32. The van der Waals surface area contributed by atoms with Gasteiger partial charge in [0.25, 0.3) is 0 Å². The van der Waals surface area contributed by atoms with Crippen LogP contribution in [0.3, 0.4) is 0 Å². The van der Waals surface area contributed by atoms with E-state index in [9.17, 15) is 9.18 Å². The molecule has 0 spiro atoms. The second kappa shape index (κ2) is 4.14. The lowest BCUT2D eigenvalue weighted by atomic mass is 10.1. The zero-order valence-corrected chi connectivity index (χ0v) is 8.44. The molecule has 16 heavy (non-hydrogen) atoms. The summed E-state index contributed by atoms with van der Waals surface area (Å²) in [6.45, 7) is 0. The second-order valence-corrected chi connectivity index (χ2v) is 3.00. The van der Waals surface area contributed by atoms with Gasteiger partial charge in [-0.3, -0.25) is 0 Å². The standard InChI is InChI=1S/C11H8FNO3/c1-15-11(14)9-10(16-6-13-9)7-4-2-3-5-8(7)12/h2-6H,1H3. The summed E-state index contributed by atoms with van der Waals surface area (Å²) < 4.78 is 23.0. The predicted octanol–water partition coefficient (Wildman–Crippen LogP) is 2.27. The van der Waals surface area contributed by atoms with Crippen molar-refractivity contribution in [3.05, 3.63) is 42.2 Å². The zero-order chi connectivity index (χ0) is 11.5. The molecule has 0 aliphatic carbocycles. The number of carbonyl (C=O) groups is 1. The fraction of sp³-hybridized carbons (Fsp3) is 0.0909. The number of halogens is 1. The Morgan fingerprint density at radius 1 is 1.44 bits per heavy atom. The summed E-state index contributed by atoms with van der Waals surface area (Å²) in [5.74, 6) is -1.07. The molecule has 0 radical (unpaired) electrons. The van der Waals surface area contributed by atoms with Crippen LogP contribution in [0.15, 0.2) is 35.1 Å². The molecular weight excluding hydrogens is 213 g/mol. The Balaban J connectivity index is 2.53. The van der Waals surface area contributed by atoms with Crippen molar-refractivity contribution in [3.8, 4) is 11.3 Å². The first-order chi connectivity index (χ1) is 7.74. The van der Waals surface area contributed by atoms with Crippen molar-refractivity contribution in [2.45, 2.75) is 0 Å². The smallest absolute Gasteiger partial charge is 0.360 e. The van der Waals surface area contributed by atoms with Crippen LogP contribution in [0.2, 0.25) is 0 Å². The Bertz CT molecular complexity index is 521. The molecule has 0 bridgehead atoms. The first kappa shape index (κ1) is 10.4. The Morgan fingerprint density at radius 3 is 2.88 bits per heavy atom. The van der Waals surface area contributed by atoms with Gasteiger partial charge in [-0.15, -0.1) is 0 Å². The summed E-state index contributed by atoms with van der Waals surface area (Å²) in [7, 11) is 1.22. The van der Waals surface area contributed by atoms with E-state index in [2.05, 4.69) is 9.72 Å². The number of hydrogen-bond donors (Lipinski definition) is 0. The van der Waals surface area contributed by atoms with Gasteiger partial charge >= 0.3 is 5.97 Å². The molecule has 82 valence electrons. The van der Waals surface area contributed by atoms with Gasteiger partial charge in [-0.05, 0) is 12.1 Å². The highest BCUT2D eigenvalue weighted by molar-refractivity contribution is 5.93. The van der Waals surface area contributed by atoms with E-state index in [0.29, 0.717) is 0 Å². The molecule has 0 unspecified atom stereocenters. The average Bonchev–Trinajstić information content (AvgIpc) is 2.77. The van der Waals surface area contributed by atoms with Gasteiger partial charge in [0.05, 0.1) is 12.7 Å². The van der Waals surface area contributed by atoms with Crippen LogP contribution in [0.4, 0.5) is 4.39 Å². The Kier molecular flexibility index (Phi) is 2.68. The van der Waals surface area contributed by atoms with E-state index in [1.165, 1.54) is 19.2 Å². The van der Waals surface area contributed by atoms with Crippen molar-refractivity contribution >= 4 is 5.97 Å². The largest absolute Gasteiger partial charge is 0.464 e. The van der Waals surface area contributed by atoms with Gasteiger partial charge in [-0.2, -0.15) is 0 Å². The lowest BCUT2D eigenvalue weighted by molar-refractivity contribution is 0.0595. The first-order valence-electron chi connectivity index (χ1n) is 4.50. The SMILES string of the molecule is COC(=O)c1ncoc1-c1ccccc1F. The van der Waals surface area contributed by atoms with E-state index in [1.54, 1.807) is 12.1 Å². The number of rotatable bonds is 2. The van der Waals surface area contributed by atoms with Crippen LogP contribution in [0.1, 0.15) is 10.5 Å². The molecule has 1 aromatic heterocycles. The normalized spacial score (nSPS) is 10.1. The summed E-state index contributed by atoms with van der Waals surface area (Å²) in [4.78, 5) is 15.0. The predicted molar refractivity (Wildman–Crippen MR) is 53.2 cm³/mol. The minimum atomic E-state index is -0.660. The Labute approximate surface area is 90.7 Å². The summed E-state index contributed by atoms with van der Waals surface area (Å²) in [5, 5.41) is 0. The zero-order valence-electron chi connectivity index (χ0n) is 8.44. The fourth-order valence-electron chi connectivity index (χ4n) is 1.32.